The molecule has 0 radical (unpaired) electrons. The Balaban J connectivity index is 2.20. The molecule has 1 aromatic heterocycles. The zero-order valence-corrected chi connectivity index (χ0v) is 23.0. The van der Waals surface area contributed by atoms with Gasteiger partial charge in [-0.2, -0.15) is 4.39 Å². The fourth-order valence-electron chi connectivity index (χ4n) is 5.06. The van der Waals surface area contributed by atoms with Gasteiger partial charge in [-0.05, 0) is 22.2 Å². The van der Waals surface area contributed by atoms with Gasteiger partial charge in [0.2, 0.25) is 0 Å². The van der Waals surface area contributed by atoms with Crippen molar-refractivity contribution < 1.29 is 32.3 Å². The van der Waals surface area contributed by atoms with E-state index in [2.05, 4.69) is 0 Å². The summed E-state index contributed by atoms with van der Waals surface area (Å²) >= 11 is 0. The van der Waals surface area contributed by atoms with Crippen molar-refractivity contribution in [1.29, 1.82) is 0 Å². The smallest absolute Gasteiger partial charge is 0.355 e. The highest BCUT2D eigenvalue weighted by molar-refractivity contribution is 6.84. The molecule has 0 aromatic carbocycles. The lowest BCUT2D eigenvalue weighted by atomic mass is 10.1. The topological polar surface area (TPSA) is 132 Å². The summed E-state index contributed by atoms with van der Waals surface area (Å²) in [6.45, 7) is 15.6. The molecule has 3 heterocycles. The van der Waals surface area contributed by atoms with Crippen molar-refractivity contribution in [1.82, 2.24) is 9.55 Å². The molecule has 3 rings (SSSR count). The summed E-state index contributed by atoms with van der Waals surface area (Å²) < 4.78 is 42.0. The zero-order chi connectivity index (χ0) is 25.9. The van der Waals surface area contributed by atoms with Crippen LogP contribution >= 0.6 is 0 Å². The molecule has 13 heteroatoms. The Morgan fingerprint density at radius 1 is 1.03 bits per heavy atom. The molecule has 2 saturated heterocycles. The van der Waals surface area contributed by atoms with Crippen molar-refractivity contribution in [3.8, 4) is 0 Å². The van der Waals surface area contributed by atoms with Gasteiger partial charge < -0.3 is 27.9 Å². The van der Waals surface area contributed by atoms with E-state index < -0.39 is 52.3 Å². The fourth-order valence-corrected chi connectivity index (χ4v) is 16.3. The van der Waals surface area contributed by atoms with E-state index in [1.54, 1.807) is 0 Å². The van der Waals surface area contributed by atoms with Crippen LogP contribution in [0.15, 0.2) is 21.9 Å². The molecular formula is C21H37FN2O8Si2. The number of ether oxygens (including phenoxy) is 1. The van der Waals surface area contributed by atoms with Gasteiger partial charge in [-0.15, -0.1) is 0 Å². The molecular weight excluding hydrogens is 483 g/mol. The molecule has 2 aliphatic rings. The summed E-state index contributed by atoms with van der Waals surface area (Å²) in [5, 5.41) is 22.2. The van der Waals surface area contributed by atoms with Crippen LogP contribution in [0.25, 0.3) is 0 Å². The molecule has 2 fully saturated rings. The van der Waals surface area contributed by atoms with E-state index in [0.717, 1.165) is 12.3 Å². The highest BCUT2D eigenvalue weighted by Crippen LogP contribution is 2.51. The summed E-state index contributed by atoms with van der Waals surface area (Å²) in [5.41, 5.74) is -2.23. The van der Waals surface area contributed by atoms with Gasteiger partial charge in [0.05, 0.1) is 6.61 Å². The van der Waals surface area contributed by atoms with E-state index in [1.807, 2.05) is 60.4 Å². The number of nitrogens with one attached hydrogen (secondary N) is 1. The van der Waals surface area contributed by atoms with Crippen molar-refractivity contribution in [3.05, 3.63) is 33.1 Å². The monoisotopic (exact) mass is 520 g/mol. The number of hydrogen-bond acceptors (Lipinski definition) is 8. The Morgan fingerprint density at radius 2 is 1.56 bits per heavy atom. The van der Waals surface area contributed by atoms with Gasteiger partial charge in [0, 0.05) is 12.3 Å². The van der Waals surface area contributed by atoms with Gasteiger partial charge in [0.25, 0.3) is 11.3 Å². The normalized spacial score (nSPS) is 30.6. The first-order valence-electron chi connectivity index (χ1n) is 11.7. The summed E-state index contributed by atoms with van der Waals surface area (Å²) in [5.74, 6) is -6.73. The van der Waals surface area contributed by atoms with E-state index in [1.165, 1.54) is 0 Å². The van der Waals surface area contributed by atoms with Gasteiger partial charge in [0.15, 0.2) is 0 Å². The fraction of sp³-hybridized carbons (Fsp3) is 0.810. The number of aliphatic hydroxyl groups is 2. The second kappa shape index (κ2) is 9.03. The Morgan fingerprint density at radius 3 is 2.03 bits per heavy atom. The second-order valence-corrected chi connectivity index (χ2v) is 19.3. The minimum absolute atomic E-state index is 0.0170. The second-order valence-electron chi connectivity index (χ2n) is 10.4. The van der Waals surface area contributed by atoms with Crippen LogP contribution in [0, 0.1) is 0 Å². The summed E-state index contributed by atoms with van der Waals surface area (Å²) in [6.07, 6.45) is -2.05. The highest BCUT2D eigenvalue weighted by Gasteiger charge is 2.72. The van der Waals surface area contributed by atoms with Crippen LogP contribution in [-0.4, -0.2) is 61.5 Å². The first kappa shape index (κ1) is 27.4. The molecule has 10 nitrogen and oxygen atoms in total. The third-order valence-electron chi connectivity index (χ3n) is 6.95. The summed E-state index contributed by atoms with van der Waals surface area (Å²) in [7, 11) is -6.29. The maximum atomic E-state index is 16.3. The molecule has 0 aliphatic carbocycles. The van der Waals surface area contributed by atoms with Crippen LogP contribution in [0.4, 0.5) is 4.39 Å². The minimum Gasteiger partial charge on any atom is -0.414 e. The number of aromatic amines is 1. The van der Waals surface area contributed by atoms with Crippen LogP contribution in [-0.2, 0) is 23.7 Å². The Hall–Kier alpha value is -1.20. The molecule has 1 aromatic rings. The number of halogens is 1. The molecule has 194 valence electrons. The van der Waals surface area contributed by atoms with Crippen molar-refractivity contribution >= 4 is 17.1 Å². The predicted octanol–water partition coefficient (Wildman–Crippen LogP) is 2.15. The Bertz CT molecular complexity index is 995. The first-order valence-corrected chi connectivity index (χ1v) is 15.6. The van der Waals surface area contributed by atoms with Crippen molar-refractivity contribution in [2.24, 2.45) is 0 Å². The van der Waals surface area contributed by atoms with Gasteiger partial charge in [-0.1, -0.05) is 55.4 Å². The summed E-state index contributed by atoms with van der Waals surface area (Å²) in [4.78, 5) is 25.8. The highest BCUT2D eigenvalue weighted by atomic mass is 28.5. The third-order valence-corrected chi connectivity index (χ3v) is 17.2. The number of alkyl halides is 1. The standard InChI is InChI=1S/C21H37FN2O8Si2/c1-12(2)33(13(3)4)29-11-16-18(31-34(32-33,14(5)6)15(7)8)20(27,28)21(22,30-16)24-10-9-17(25)23-19(24)26/h9-10,12-16,18,27-28H,11H2,1-8H3,(H,23,25,26)/t16-,18-,21-/m1/s1. The predicted molar refractivity (Wildman–Crippen MR) is 126 cm³/mol. The number of nitrogens with zero attached hydrogens (tertiary/aromatic N) is 1. The van der Waals surface area contributed by atoms with Crippen LogP contribution in [0.3, 0.4) is 0 Å². The molecule has 0 saturated carbocycles. The Kier molecular flexibility index (Phi) is 7.28. The lowest BCUT2D eigenvalue weighted by Gasteiger charge is -2.51. The zero-order valence-electron chi connectivity index (χ0n) is 21.0. The molecule has 3 N–H and O–H groups in total. The summed E-state index contributed by atoms with van der Waals surface area (Å²) in [6, 6.07) is 0.889. The number of hydrogen-bond donors (Lipinski definition) is 3. The van der Waals surface area contributed by atoms with Crippen LogP contribution in [0.1, 0.15) is 55.4 Å². The molecule has 2 aliphatic heterocycles. The SMILES string of the molecule is CC(C)[Si]1(C(C)C)OC[C@H]2O[C@](F)(n3ccc(=O)[nH]c3=O)C(O)(O)[C@@H]2O[Si](C(C)C)(C(C)C)O1. The molecule has 0 spiro atoms. The molecule has 0 amide bonds. The van der Waals surface area contributed by atoms with E-state index in [9.17, 15) is 19.8 Å². The van der Waals surface area contributed by atoms with Crippen molar-refractivity contribution in [2.45, 2.75) is 102 Å². The van der Waals surface area contributed by atoms with Crippen LogP contribution in [0.5, 0.6) is 0 Å². The van der Waals surface area contributed by atoms with Crippen molar-refractivity contribution in [2.75, 3.05) is 6.61 Å². The molecule has 0 unspecified atom stereocenters. The molecule has 34 heavy (non-hydrogen) atoms. The van der Waals surface area contributed by atoms with E-state index in [-0.39, 0.29) is 28.8 Å². The van der Waals surface area contributed by atoms with E-state index in [4.69, 9.17) is 17.7 Å². The number of H-pyrrole nitrogens is 1. The van der Waals surface area contributed by atoms with Gasteiger partial charge in [0.1, 0.15) is 12.2 Å². The minimum atomic E-state index is -3.44. The van der Waals surface area contributed by atoms with E-state index >= 15 is 4.39 Å². The largest absolute Gasteiger partial charge is 0.414 e. The number of aromatic nitrogens is 2. The lowest BCUT2D eigenvalue weighted by molar-refractivity contribution is -0.355. The quantitative estimate of drug-likeness (QED) is 0.397. The van der Waals surface area contributed by atoms with Crippen LogP contribution in [0.2, 0.25) is 22.2 Å². The maximum Gasteiger partial charge on any atom is 0.355 e. The molecule has 3 atom stereocenters. The maximum absolute atomic E-state index is 16.3. The lowest BCUT2D eigenvalue weighted by Crippen LogP contribution is -2.68. The third kappa shape index (κ3) is 3.99. The van der Waals surface area contributed by atoms with Gasteiger partial charge in [-0.3, -0.25) is 9.78 Å². The van der Waals surface area contributed by atoms with Gasteiger partial charge >= 0.3 is 28.8 Å². The molecule has 0 bridgehead atoms. The Labute approximate surface area is 200 Å². The first-order chi connectivity index (χ1) is 15.5. The van der Waals surface area contributed by atoms with E-state index in [0.29, 0.717) is 4.57 Å². The van der Waals surface area contributed by atoms with Crippen molar-refractivity contribution in [3.63, 3.8) is 0 Å². The number of fused-ring (bicyclic) bond motifs is 1. The number of rotatable bonds is 5. The van der Waals surface area contributed by atoms with Gasteiger partial charge in [-0.25, -0.2) is 9.36 Å². The average Bonchev–Trinajstić information content (AvgIpc) is 2.87. The van der Waals surface area contributed by atoms with Crippen LogP contribution < -0.4 is 11.2 Å². The average molecular weight is 521 g/mol.